The number of hydrogen-bond acceptors (Lipinski definition) is 6. The topological polar surface area (TPSA) is 118 Å². The summed E-state index contributed by atoms with van der Waals surface area (Å²) in [7, 11) is -4.09. The van der Waals surface area contributed by atoms with Gasteiger partial charge in [-0.1, -0.05) is 0 Å². The van der Waals surface area contributed by atoms with E-state index in [4.69, 9.17) is 0 Å². The van der Waals surface area contributed by atoms with Gasteiger partial charge in [-0.25, -0.2) is 8.42 Å². The number of nitro groups is 1. The monoisotopic (exact) mass is 397 g/mol. The van der Waals surface area contributed by atoms with E-state index in [9.17, 15) is 27.7 Å². The third-order valence-electron chi connectivity index (χ3n) is 3.52. The molecule has 3 rings (SSSR count). The Morgan fingerprint density at radius 1 is 1.23 bits per heavy atom. The number of carbonyl (C=O) groups is 1. The van der Waals surface area contributed by atoms with Crippen molar-refractivity contribution in [3.63, 3.8) is 0 Å². The van der Waals surface area contributed by atoms with Crippen molar-refractivity contribution < 1.29 is 22.5 Å². The molecule has 0 atom stereocenters. The molecule has 2 aromatic rings. The molecule has 2 aromatic carbocycles. The molecule has 0 saturated heterocycles. The fourth-order valence-electron chi connectivity index (χ4n) is 2.30. The molecule has 0 saturated carbocycles. The minimum Gasteiger partial charge on any atom is -0.325 e. The van der Waals surface area contributed by atoms with Gasteiger partial charge in [-0.2, -0.15) is 4.39 Å². The van der Waals surface area contributed by atoms with Crippen LogP contribution in [-0.4, -0.2) is 25.0 Å². The summed E-state index contributed by atoms with van der Waals surface area (Å²) in [4.78, 5) is 22.1. The van der Waals surface area contributed by atoms with Gasteiger partial charge in [-0.05, 0) is 30.3 Å². The summed E-state index contributed by atoms with van der Waals surface area (Å²) in [5.41, 5.74) is -0.604. The first-order chi connectivity index (χ1) is 12.3. The fourth-order valence-corrected chi connectivity index (χ4v) is 4.31. The Morgan fingerprint density at radius 2 is 2.00 bits per heavy atom. The van der Waals surface area contributed by atoms with Gasteiger partial charge in [0.25, 0.3) is 10.0 Å². The number of fused-ring (bicyclic) bond motifs is 1. The highest BCUT2D eigenvalue weighted by atomic mass is 32.2. The van der Waals surface area contributed by atoms with Crippen molar-refractivity contribution in [2.75, 3.05) is 15.8 Å². The molecule has 0 bridgehead atoms. The number of anilines is 2. The molecule has 1 aliphatic heterocycles. The van der Waals surface area contributed by atoms with Crippen molar-refractivity contribution in [2.24, 2.45) is 0 Å². The third kappa shape index (κ3) is 3.78. The van der Waals surface area contributed by atoms with Crippen molar-refractivity contribution in [3.05, 3.63) is 52.3 Å². The van der Waals surface area contributed by atoms with Gasteiger partial charge in [-0.3, -0.25) is 19.6 Å². The average Bonchev–Trinajstić information content (AvgIpc) is 2.76. The number of nitrogens with zero attached hydrogens (tertiary/aromatic N) is 1. The predicted octanol–water partition coefficient (Wildman–Crippen LogP) is 2.97. The minimum atomic E-state index is -4.09. The lowest BCUT2D eigenvalue weighted by Crippen LogP contribution is -2.15. The van der Waals surface area contributed by atoms with Crippen LogP contribution in [0.1, 0.15) is 6.42 Å². The van der Waals surface area contributed by atoms with Crippen LogP contribution >= 0.6 is 11.8 Å². The van der Waals surface area contributed by atoms with Crippen LogP contribution < -0.4 is 10.0 Å². The molecular formula is C15H12FN3O5S2. The third-order valence-corrected chi connectivity index (χ3v) is 5.97. The van der Waals surface area contributed by atoms with Gasteiger partial charge in [0, 0.05) is 23.1 Å². The normalized spacial score (nSPS) is 14.1. The average molecular weight is 397 g/mol. The summed E-state index contributed by atoms with van der Waals surface area (Å²) in [5.74, 6) is -0.696. The predicted molar refractivity (Wildman–Crippen MR) is 94.3 cm³/mol. The van der Waals surface area contributed by atoms with E-state index in [1.807, 2.05) is 0 Å². The molecule has 0 spiro atoms. The lowest BCUT2D eigenvalue weighted by Gasteiger charge is -2.11. The smallest absolute Gasteiger partial charge is 0.306 e. The van der Waals surface area contributed by atoms with E-state index in [1.54, 1.807) is 6.07 Å². The number of rotatable bonds is 4. The molecule has 8 nitrogen and oxygen atoms in total. The molecule has 2 N–H and O–H groups in total. The second-order valence-electron chi connectivity index (χ2n) is 5.33. The van der Waals surface area contributed by atoms with Crippen molar-refractivity contribution in [3.8, 4) is 0 Å². The van der Waals surface area contributed by atoms with Gasteiger partial charge < -0.3 is 5.32 Å². The van der Waals surface area contributed by atoms with Crippen LogP contribution in [0.3, 0.4) is 0 Å². The second-order valence-corrected chi connectivity index (χ2v) is 8.15. The van der Waals surface area contributed by atoms with Crippen LogP contribution in [0.2, 0.25) is 0 Å². The summed E-state index contributed by atoms with van der Waals surface area (Å²) in [6.45, 7) is 0. The molecule has 1 heterocycles. The van der Waals surface area contributed by atoms with E-state index < -0.39 is 26.5 Å². The van der Waals surface area contributed by atoms with Crippen LogP contribution in [0.15, 0.2) is 46.2 Å². The zero-order chi connectivity index (χ0) is 18.9. The van der Waals surface area contributed by atoms with Crippen molar-refractivity contribution >= 4 is 44.8 Å². The van der Waals surface area contributed by atoms with E-state index in [2.05, 4.69) is 10.0 Å². The number of amides is 1. The van der Waals surface area contributed by atoms with E-state index >= 15 is 0 Å². The number of benzene rings is 2. The van der Waals surface area contributed by atoms with Crippen molar-refractivity contribution in [1.82, 2.24) is 0 Å². The quantitative estimate of drug-likeness (QED) is 0.605. The van der Waals surface area contributed by atoms with Crippen LogP contribution in [0.5, 0.6) is 0 Å². The van der Waals surface area contributed by atoms with Gasteiger partial charge in [-0.15, -0.1) is 11.8 Å². The maximum Gasteiger partial charge on any atom is 0.306 e. The first kappa shape index (κ1) is 18.1. The molecular weight excluding hydrogens is 385 g/mol. The Bertz CT molecular complexity index is 1010. The molecule has 1 aliphatic rings. The Balaban J connectivity index is 1.93. The molecule has 11 heteroatoms. The van der Waals surface area contributed by atoms with Gasteiger partial charge in [0.05, 0.1) is 21.2 Å². The van der Waals surface area contributed by atoms with Crippen molar-refractivity contribution in [2.45, 2.75) is 16.2 Å². The lowest BCUT2D eigenvalue weighted by molar-refractivity contribution is -0.387. The largest absolute Gasteiger partial charge is 0.325 e. The van der Waals surface area contributed by atoms with E-state index in [1.165, 1.54) is 23.9 Å². The first-order valence-electron chi connectivity index (χ1n) is 7.30. The molecule has 136 valence electrons. The molecule has 0 aliphatic carbocycles. The standard InChI is InChI=1S/C15H12FN3O5S2/c16-11-3-1-9(7-13(11)19(21)22)18-26(23,24)10-2-4-14-12(8-10)17-15(20)5-6-25-14/h1-4,7-8,18H,5-6H2,(H,17,20). The number of sulfonamides is 1. The van der Waals surface area contributed by atoms with Crippen LogP contribution in [0.25, 0.3) is 0 Å². The maximum atomic E-state index is 13.4. The summed E-state index contributed by atoms with van der Waals surface area (Å²) >= 11 is 1.43. The summed E-state index contributed by atoms with van der Waals surface area (Å²) in [6, 6.07) is 6.95. The number of nitro benzene ring substituents is 1. The number of hydrogen-bond donors (Lipinski definition) is 2. The number of halogens is 1. The van der Waals surface area contributed by atoms with Gasteiger partial charge in [0.1, 0.15) is 0 Å². The van der Waals surface area contributed by atoms with Gasteiger partial charge >= 0.3 is 5.69 Å². The SMILES string of the molecule is O=C1CCSc2ccc(S(=O)(=O)Nc3ccc(F)c([N+](=O)[O-])c3)cc2N1. The fraction of sp³-hybridized carbons (Fsp3) is 0.133. The van der Waals surface area contributed by atoms with E-state index in [0.29, 0.717) is 17.9 Å². The Morgan fingerprint density at radius 3 is 2.73 bits per heavy atom. The molecule has 26 heavy (non-hydrogen) atoms. The number of nitrogens with one attached hydrogen (secondary N) is 2. The highest BCUT2D eigenvalue weighted by molar-refractivity contribution is 7.99. The molecule has 0 unspecified atom stereocenters. The number of thioether (sulfide) groups is 1. The Hall–Kier alpha value is -2.66. The van der Waals surface area contributed by atoms with Crippen LogP contribution in [0.4, 0.5) is 21.5 Å². The summed E-state index contributed by atoms with van der Waals surface area (Å²) in [5, 5.41) is 13.4. The minimum absolute atomic E-state index is 0.133. The zero-order valence-electron chi connectivity index (χ0n) is 13.1. The van der Waals surface area contributed by atoms with Crippen LogP contribution in [0, 0.1) is 15.9 Å². The molecule has 0 aromatic heterocycles. The zero-order valence-corrected chi connectivity index (χ0v) is 14.7. The summed E-state index contributed by atoms with van der Waals surface area (Å²) < 4.78 is 40.6. The van der Waals surface area contributed by atoms with Gasteiger partial charge in [0.15, 0.2) is 0 Å². The summed E-state index contributed by atoms with van der Waals surface area (Å²) in [6.07, 6.45) is 0.318. The molecule has 1 amide bonds. The van der Waals surface area contributed by atoms with E-state index in [-0.39, 0.29) is 16.5 Å². The number of carbonyl (C=O) groups excluding carboxylic acids is 1. The van der Waals surface area contributed by atoms with Crippen LogP contribution in [-0.2, 0) is 14.8 Å². The maximum absolute atomic E-state index is 13.4. The first-order valence-corrected chi connectivity index (χ1v) is 9.76. The Labute approximate surface area is 152 Å². The van der Waals surface area contributed by atoms with Gasteiger partial charge in [0.2, 0.25) is 11.7 Å². The lowest BCUT2D eigenvalue weighted by atomic mass is 10.3. The molecule has 0 radical (unpaired) electrons. The van der Waals surface area contributed by atoms with E-state index in [0.717, 1.165) is 23.1 Å². The molecule has 0 fully saturated rings. The Kier molecular flexibility index (Phi) is 4.83. The highest BCUT2D eigenvalue weighted by Gasteiger charge is 2.21. The second kappa shape index (κ2) is 6.92. The van der Waals surface area contributed by atoms with Crippen molar-refractivity contribution in [1.29, 1.82) is 0 Å². The highest BCUT2D eigenvalue weighted by Crippen LogP contribution is 2.33.